The largest absolute Gasteiger partial charge is 0.481 e. The maximum atomic E-state index is 10.8. The molecule has 0 spiro atoms. The second-order valence-corrected chi connectivity index (χ2v) is 4.95. The number of rotatable bonds is 14. The monoisotopic (exact) mass is 334 g/mol. The van der Waals surface area contributed by atoms with E-state index in [9.17, 15) is 19.2 Å². The van der Waals surface area contributed by atoms with Gasteiger partial charge in [-0.3, -0.25) is 19.2 Å². The number of aliphatic carboxylic acids is 4. The highest BCUT2D eigenvalue weighted by Crippen LogP contribution is 1.98. The fourth-order valence-corrected chi connectivity index (χ4v) is 1.82. The van der Waals surface area contributed by atoms with E-state index in [4.69, 9.17) is 20.4 Å². The van der Waals surface area contributed by atoms with Crippen molar-refractivity contribution >= 4 is 23.9 Å². The molecule has 0 rings (SSSR count). The minimum Gasteiger partial charge on any atom is -0.481 e. The third-order valence-corrected chi connectivity index (χ3v) is 2.99. The lowest BCUT2D eigenvalue weighted by Gasteiger charge is -2.13. The standard InChI is InChI=1S/C13H22N2O8/c16-10(17)6-8(12(20)21)14-4-2-1-3-5-15-9(13(22)23)7-11(18)19/h8-9,14-15H,1-7H2,(H,16,17)(H,18,19)(H,20,21)(H,22,23)/t8-,9-/m0/s1. The van der Waals surface area contributed by atoms with Crippen molar-refractivity contribution in [2.24, 2.45) is 0 Å². The molecule has 10 heteroatoms. The molecule has 23 heavy (non-hydrogen) atoms. The van der Waals surface area contributed by atoms with Gasteiger partial charge in [0.1, 0.15) is 12.1 Å². The van der Waals surface area contributed by atoms with E-state index in [0.29, 0.717) is 32.4 Å². The summed E-state index contributed by atoms with van der Waals surface area (Å²) in [6.45, 7) is 0.642. The van der Waals surface area contributed by atoms with Crippen LogP contribution in [0.3, 0.4) is 0 Å². The molecule has 132 valence electrons. The van der Waals surface area contributed by atoms with Crippen LogP contribution in [0, 0.1) is 0 Å². The molecular formula is C13H22N2O8. The lowest BCUT2D eigenvalue weighted by molar-refractivity contribution is -0.145. The summed E-state index contributed by atoms with van der Waals surface area (Å²) in [5, 5.41) is 40.0. The van der Waals surface area contributed by atoms with Gasteiger partial charge >= 0.3 is 23.9 Å². The van der Waals surface area contributed by atoms with E-state index >= 15 is 0 Å². The quantitative estimate of drug-likeness (QED) is 0.220. The van der Waals surface area contributed by atoms with Crippen LogP contribution >= 0.6 is 0 Å². The first-order valence-electron chi connectivity index (χ1n) is 7.10. The summed E-state index contributed by atoms with van der Waals surface area (Å²) in [6.07, 6.45) is 0.807. The van der Waals surface area contributed by atoms with Crippen molar-refractivity contribution in [3.05, 3.63) is 0 Å². The third-order valence-electron chi connectivity index (χ3n) is 2.99. The molecule has 6 N–H and O–H groups in total. The Morgan fingerprint density at radius 3 is 1.26 bits per heavy atom. The zero-order chi connectivity index (χ0) is 17.8. The van der Waals surface area contributed by atoms with Crippen molar-refractivity contribution in [3.8, 4) is 0 Å². The van der Waals surface area contributed by atoms with Crippen LogP contribution in [0.15, 0.2) is 0 Å². The highest BCUT2D eigenvalue weighted by molar-refractivity contribution is 5.81. The molecule has 0 aliphatic heterocycles. The highest BCUT2D eigenvalue weighted by Gasteiger charge is 2.20. The molecule has 0 heterocycles. The SMILES string of the molecule is O=C(O)C[C@H](NCCCCCN[C@@H](CC(=O)O)C(=O)O)C(=O)O. The van der Waals surface area contributed by atoms with Crippen LogP contribution in [0.25, 0.3) is 0 Å². The van der Waals surface area contributed by atoms with Crippen LogP contribution < -0.4 is 10.6 Å². The molecule has 0 aliphatic rings. The van der Waals surface area contributed by atoms with Crippen molar-refractivity contribution in [1.82, 2.24) is 10.6 Å². The fourth-order valence-electron chi connectivity index (χ4n) is 1.82. The second kappa shape index (κ2) is 11.4. The molecule has 10 nitrogen and oxygen atoms in total. The van der Waals surface area contributed by atoms with Crippen molar-refractivity contribution in [1.29, 1.82) is 0 Å². The predicted molar refractivity (Wildman–Crippen MR) is 77.2 cm³/mol. The molecule has 0 aliphatic carbocycles. The van der Waals surface area contributed by atoms with Crippen LogP contribution in [0.2, 0.25) is 0 Å². The summed E-state index contributed by atoms with van der Waals surface area (Å²) >= 11 is 0. The first kappa shape index (κ1) is 20.8. The van der Waals surface area contributed by atoms with E-state index in [0.717, 1.165) is 0 Å². The molecule has 0 unspecified atom stereocenters. The Bertz CT molecular complexity index is 388. The molecule has 0 saturated carbocycles. The molecule has 0 bridgehead atoms. The minimum absolute atomic E-state index is 0.321. The van der Waals surface area contributed by atoms with Crippen LogP contribution in [0.5, 0.6) is 0 Å². The van der Waals surface area contributed by atoms with Gasteiger partial charge in [0.05, 0.1) is 12.8 Å². The van der Waals surface area contributed by atoms with E-state index in [2.05, 4.69) is 10.6 Å². The molecular weight excluding hydrogens is 312 g/mol. The van der Waals surface area contributed by atoms with Gasteiger partial charge in [0.2, 0.25) is 0 Å². The second-order valence-electron chi connectivity index (χ2n) is 4.95. The molecule has 0 fully saturated rings. The van der Waals surface area contributed by atoms with Gasteiger partial charge in [0, 0.05) is 0 Å². The number of hydrogen-bond donors (Lipinski definition) is 6. The van der Waals surface area contributed by atoms with E-state index in [1.807, 2.05) is 0 Å². The van der Waals surface area contributed by atoms with Gasteiger partial charge in [-0.15, -0.1) is 0 Å². The summed E-state index contributed by atoms with van der Waals surface area (Å²) in [6, 6.07) is -2.28. The lowest BCUT2D eigenvalue weighted by Crippen LogP contribution is -2.39. The van der Waals surface area contributed by atoms with Gasteiger partial charge in [-0.2, -0.15) is 0 Å². The number of carboxylic acids is 4. The van der Waals surface area contributed by atoms with E-state index in [-0.39, 0.29) is 0 Å². The Morgan fingerprint density at radius 2 is 1.00 bits per heavy atom. The summed E-state index contributed by atoms with van der Waals surface area (Å²) in [7, 11) is 0. The zero-order valence-electron chi connectivity index (χ0n) is 12.5. The van der Waals surface area contributed by atoms with Gasteiger partial charge < -0.3 is 31.1 Å². The Morgan fingerprint density at radius 1 is 0.652 bits per heavy atom. The Labute approximate surface area is 132 Å². The summed E-state index contributed by atoms with van der Waals surface area (Å²) in [4.78, 5) is 42.5. The normalized spacial score (nSPS) is 13.2. The molecule has 0 aromatic rings. The fraction of sp³-hybridized carbons (Fsp3) is 0.692. The molecule has 0 radical (unpaired) electrons. The van der Waals surface area contributed by atoms with Gasteiger partial charge in [-0.1, -0.05) is 6.42 Å². The molecule has 0 amide bonds. The Hall–Kier alpha value is -2.20. The van der Waals surface area contributed by atoms with Crippen LogP contribution in [0.4, 0.5) is 0 Å². The van der Waals surface area contributed by atoms with Gasteiger partial charge in [0.15, 0.2) is 0 Å². The summed E-state index contributed by atoms with van der Waals surface area (Å²) in [5.74, 6) is -4.86. The maximum Gasteiger partial charge on any atom is 0.321 e. The minimum atomic E-state index is -1.23. The maximum absolute atomic E-state index is 10.8. The number of carbonyl (C=O) groups is 4. The zero-order valence-corrected chi connectivity index (χ0v) is 12.5. The van der Waals surface area contributed by atoms with Crippen molar-refractivity contribution in [3.63, 3.8) is 0 Å². The highest BCUT2D eigenvalue weighted by atomic mass is 16.4. The van der Waals surface area contributed by atoms with Crippen molar-refractivity contribution in [2.75, 3.05) is 13.1 Å². The Kier molecular flexibility index (Phi) is 10.3. The lowest BCUT2D eigenvalue weighted by atomic mass is 10.1. The Balaban J connectivity index is 3.83. The first-order chi connectivity index (χ1) is 10.7. The van der Waals surface area contributed by atoms with Gasteiger partial charge in [-0.25, -0.2) is 0 Å². The van der Waals surface area contributed by atoms with Gasteiger partial charge in [0.25, 0.3) is 0 Å². The molecule has 0 aromatic carbocycles. The molecule has 0 aromatic heterocycles. The van der Waals surface area contributed by atoms with E-state index in [1.54, 1.807) is 0 Å². The molecule has 0 saturated heterocycles. The summed E-state index contributed by atoms with van der Waals surface area (Å²) in [5.41, 5.74) is 0. The number of unbranched alkanes of at least 4 members (excludes halogenated alkanes) is 2. The van der Waals surface area contributed by atoms with Gasteiger partial charge in [-0.05, 0) is 25.9 Å². The average Bonchev–Trinajstić information content (AvgIpc) is 2.42. The smallest absolute Gasteiger partial charge is 0.321 e. The van der Waals surface area contributed by atoms with E-state index < -0.39 is 48.8 Å². The van der Waals surface area contributed by atoms with Crippen LogP contribution in [0.1, 0.15) is 32.1 Å². The topological polar surface area (TPSA) is 173 Å². The first-order valence-corrected chi connectivity index (χ1v) is 7.10. The van der Waals surface area contributed by atoms with E-state index in [1.165, 1.54) is 0 Å². The summed E-state index contributed by atoms with van der Waals surface area (Å²) < 4.78 is 0. The van der Waals surface area contributed by atoms with Crippen molar-refractivity contribution < 1.29 is 39.6 Å². The van der Waals surface area contributed by atoms with Crippen molar-refractivity contribution in [2.45, 2.75) is 44.2 Å². The third kappa shape index (κ3) is 11.1. The van der Waals surface area contributed by atoms with Crippen LogP contribution in [-0.4, -0.2) is 69.5 Å². The predicted octanol–water partition coefficient (Wildman–Crippen LogP) is -0.808. The number of hydrogen-bond acceptors (Lipinski definition) is 6. The number of nitrogens with one attached hydrogen (secondary N) is 2. The molecule has 2 atom stereocenters. The van der Waals surface area contributed by atoms with Crippen LogP contribution in [-0.2, 0) is 19.2 Å². The number of carboxylic acid groups (broad SMARTS) is 4. The average molecular weight is 334 g/mol.